The van der Waals surface area contributed by atoms with Crippen molar-refractivity contribution in [3.63, 3.8) is 0 Å². The second kappa shape index (κ2) is 9.51. The second-order valence-electron chi connectivity index (χ2n) is 8.88. The van der Waals surface area contributed by atoms with Gasteiger partial charge in [0.15, 0.2) is 0 Å². The van der Waals surface area contributed by atoms with Gasteiger partial charge in [0, 0.05) is 13.1 Å². The lowest BCUT2D eigenvalue weighted by molar-refractivity contribution is -0.136. The van der Waals surface area contributed by atoms with Gasteiger partial charge in [-0.05, 0) is 36.4 Å². The van der Waals surface area contributed by atoms with Gasteiger partial charge >= 0.3 is 4.87 Å². The molecule has 2 fully saturated rings. The van der Waals surface area contributed by atoms with Gasteiger partial charge in [-0.1, -0.05) is 23.1 Å². The topological polar surface area (TPSA) is 111 Å². The number of nitrogens with zero attached hydrogens (tertiary/aromatic N) is 3. The Morgan fingerprint density at radius 1 is 1.08 bits per heavy atom. The van der Waals surface area contributed by atoms with Crippen LogP contribution in [0.2, 0.25) is 0 Å². The maximum Gasteiger partial charge on any atom is 0.308 e. The first-order valence-corrected chi connectivity index (χ1v) is 13.5. The lowest BCUT2D eigenvalue weighted by Crippen LogP contribution is -2.43. The molecule has 3 amide bonds. The zero-order valence-corrected chi connectivity index (χ0v) is 21.5. The molecule has 12 heteroatoms. The Bertz CT molecular complexity index is 1410. The van der Waals surface area contributed by atoms with Crippen LogP contribution in [-0.2, 0) is 25.7 Å². The van der Waals surface area contributed by atoms with E-state index in [1.807, 2.05) is 0 Å². The van der Waals surface area contributed by atoms with Crippen molar-refractivity contribution in [2.24, 2.45) is 5.92 Å². The van der Waals surface area contributed by atoms with E-state index >= 15 is 0 Å². The number of hydrogen-bond acceptors (Lipinski definition) is 9. The molecule has 2 saturated heterocycles. The summed E-state index contributed by atoms with van der Waals surface area (Å²) in [5.41, 5.74) is 0.451. The Morgan fingerprint density at radius 3 is 2.51 bits per heavy atom. The van der Waals surface area contributed by atoms with Crippen LogP contribution in [-0.4, -0.2) is 65.9 Å². The van der Waals surface area contributed by atoms with Crippen molar-refractivity contribution in [2.45, 2.75) is 22.7 Å². The van der Waals surface area contributed by atoms with Gasteiger partial charge in [-0.25, -0.2) is 4.90 Å². The number of ether oxygens (including phenoxy) is 2. The number of fused-ring (bicyclic) bond motifs is 2. The number of carbonyl (C=O) groups excluding carboxylic acids is 3. The molecule has 192 valence electrons. The van der Waals surface area contributed by atoms with Crippen LogP contribution in [0.4, 0.5) is 5.69 Å². The van der Waals surface area contributed by atoms with Crippen LogP contribution in [0.25, 0.3) is 0 Å². The van der Waals surface area contributed by atoms with E-state index in [1.54, 1.807) is 48.4 Å². The van der Waals surface area contributed by atoms with Crippen LogP contribution < -0.4 is 14.5 Å². The maximum atomic E-state index is 13.8. The molecule has 0 N–H and O–H groups in total. The number of thiazole rings is 1. The molecule has 10 nitrogen and oxygen atoms in total. The summed E-state index contributed by atoms with van der Waals surface area (Å²) in [5, 5.41) is -0.229. The fraction of sp³-hybridized carbons (Fsp3) is 0.360. The molecule has 5 heterocycles. The highest BCUT2D eigenvalue weighted by atomic mass is 32.2. The van der Waals surface area contributed by atoms with Gasteiger partial charge < -0.3 is 18.8 Å². The molecular weight excluding hydrogens is 518 g/mol. The highest BCUT2D eigenvalue weighted by Gasteiger charge is 2.57. The number of morpholine rings is 1. The summed E-state index contributed by atoms with van der Waals surface area (Å²) in [6.07, 6.45) is 1.51. The van der Waals surface area contributed by atoms with E-state index < -0.39 is 17.1 Å². The number of carbonyl (C=O) groups is 3. The van der Waals surface area contributed by atoms with E-state index in [0.717, 1.165) is 11.3 Å². The van der Waals surface area contributed by atoms with Crippen LogP contribution in [0.15, 0.2) is 56.9 Å². The van der Waals surface area contributed by atoms with Crippen LogP contribution in [0.1, 0.15) is 16.6 Å². The lowest BCUT2D eigenvalue weighted by atomic mass is 9.87. The van der Waals surface area contributed by atoms with Crippen LogP contribution in [0.3, 0.4) is 0 Å². The molecule has 37 heavy (non-hydrogen) atoms. The van der Waals surface area contributed by atoms with Crippen molar-refractivity contribution in [3.8, 4) is 5.75 Å². The fourth-order valence-electron chi connectivity index (χ4n) is 5.06. The van der Waals surface area contributed by atoms with Gasteiger partial charge in [0.2, 0.25) is 17.7 Å². The molecule has 0 bridgehead atoms. The first-order valence-electron chi connectivity index (χ1n) is 11.8. The standard InChI is InChI=1S/C25H23N3O7S2/c1-33-15-6-4-14(5-7-15)28-22(30)19-18(16-3-2-10-35-16)21-24(36-20(19)23(28)31)27(25(32)37-21)13-17(29)26-8-11-34-12-9-26/h2-7,10,18-20H,8-9,11-13H2,1H3/t18-,19?,20?/m1/s1. The molecule has 1 aromatic carbocycles. The number of thioether (sulfide) groups is 1. The predicted molar refractivity (Wildman–Crippen MR) is 135 cm³/mol. The molecule has 6 rings (SSSR count). The maximum absolute atomic E-state index is 13.8. The van der Waals surface area contributed by atoms with Crippen LogP contribution >= 0.6 is 23.1 Å². The number of benzene rings is 1. The number of rotatable bonds is 5. The Labute approximate surface area is 219 Å². The Morgan fingerprint density at radius 2 is 1.84 bits per heavy atom. The van der Waals surface area contributed by atoms with Crippen molar-refractivity contribution in [3.05, 3.63) is 63.0 Å². The highest BCUT2D eigenvalue weighted by molar-refractivity contribution is 8.00. The minimum absolute atomic E-state index is 0.135. The second-order valence-corrected chi connectivity index (χ2v) is 11.0. The molecule has 0 spiro atoms. The smallest absolute Gasteiger partial charge is 0.308 e. The molecule has 0 saturated carbocycles. The first kappa shape index (κ1) is 24.0. The average molecular weight is 542 g/mol. The fourth-order valence-corrected chi connectivity index (χ4v) is 7.82. The van der Waals surface area contributed by atoms with Crippen molar-refractivity contribution >= 4 is 46.5 Å². The number of aromatic nitrogens is 1. The Hall–Kier alpha value is -3.35. The van der Waals surface area contributed by atoms with E-state index in [0.29, 0.717) is 53.4 Å². The monoisotopic (exact) mass is 541 g/mol. The molecule has 3 atom stereocenters. The molecule has 2 aromatic heterocycles. The number of furan rings is 1. The average Bonchev–Trinajstić information content (AvgIpc) is 3.62. The molecule has 3 aliphatic rings. The van der Waals surface area contributed by atoms with E-state index in [1.165, 1.54) is 27.5 Å². The number of hydrogen-bond donors (Lipinski definition) is 0. The molecule has 3 aromatic rings. The number of anilines is 1. The number of methoxy groups -OCH3 is 1. The summed E-state index contributed by atoms with van der Waals surface area (Å²) in [6, 6.07) is 10.2. The zero-order chi connectivity index (χ0) is 25.7. The third-order valence-electron chi connectivity index (χ3n) is 6.89. The summed E-state index contributed by atoms with van der Waals surface area (Å²) in [5.74, 6) is -1.15. The molecule has 0 radical (unpaired) electrons. The third-order valence-corrected chi connectivity index (χ3v) is 9.49. The largest absolute Gasteiger partial charge is 0.497 e. The first-order chi connectivity index (χ1) is 18.0. The summed E-state index contributed by atoms with van der Waals surface area (Å²) in [4.78, 5) is 56.8. The van der Waals surface area contributed by atoms with Gasteiger partial charge in [0.1, 0.15) is 23.3 Å². The van der Waals surface area contributed by atoms with E-state index in [4.69, 9.17) is 13.9 Å². The predicted octanol–water partition coefficient (Wildman–Crippen LogP) is 2.17. The van der Waals surface area contributed by atoms with Gasteiger partial charge in [-0.2, -0.15) is 0 Å². The normalized spacial score (nSPS) is 23.2. The van der Waals surface area contributed by atoms with Gasteiger partial charge in [0.25, 0.3) is 0 Å². The minimum Gasteiger partial charge on any atom is -0.497 e. The van der Waals surface area contributed by atoms with Crippen LogP contribution in [0.5, 0.6) is 5.75 Å². The molecule has 3 aliphatic heterocycles. The quantitative estimate of drug-likeness (QED) is 0.452. The van der Waals surface area contributed by atoms with Crippen molar-refractivity contribution in [2.75, 3.05) is 38.3 Å². The van der Waals surface area contributed by atoms with Gasteiger partial charge in [-0.15, -0.1) is 0 Å². The van der Waals surface area contributed by atoms with E-state index in [9.17, 15) is 19.2 Å². The third kappa shape index (κ3) is 3.99. The Kier molecular flexibility index (Phi) is 6.17. The SMILES string of the molecule is COc1ccc(N2C(=O)C3Sc4c(sc(=O)n4CC(=O)N4CCOCC4)[C@H](c4ccco4)C3C2=O)cc1. The minimum atomic E-state index is -0.768. The van der Waals surface area contributed by atoms with E-state index in [2.05, 4.69) is 0 Å². The summed E-state index contributed by atoms with van der Waals surface area (Å²) >= 11 is 2.18. The summed E-state index contributed by atoms with van der Waals surface area (Å²) in [6.45, 7) is 1.72. The van der Waals surface area contributed by atoms with E-state index in [-0.39, 0.29) is 29.1 Å². The number of imide groups is 1. The zero-order valence-electron chi connectivity index (χ0n) is 19.8. The van der Waals surface area contributed by atoms with Crippen molar-refractivity contribution < 1.29 is 28.3 Å². The summed E-state index contributed by atoms with van der Waals surface area (Å²) < 4.78 is 17.7. The number of amides is 3. The van der Waals surface area contributed by atoms with Crippen molar-refractivity contribution in [1.82, 2.24) is 9.47 Å². The van der Waals surface area contributed by atoms with Crippen LogP contribution in [0, 0.1) is 5.92 Å². The van der Waals surface area contributed by atoms with Gasteiger partial charge in [0.05, 0.1) is 54.0 Å². The Balaban J connectivity index is 1.39. The summed E-state index contributed by atoms with van der Waals surface area (Å²) in [7, 11) is 1.54. The van der Waals surface area contributed by atoms with Gasteiger partial charge in [-0.3, -0.25) is 23.7 Å². The molecule has 2 unspecified atom stereocenters. The van der Waals surface area contributed by atoms with Crippen molar-refractivity contribution in [1.29, 1.82) is 0 Å². The molecular formula is C25H23N3O7S2. The molecule has 0 aliphatic carbocycles. The lowest BCUT2D eigenvalue weighted by Gasteiger charge is -2.30. The highest BCUT2D eigenvalue weighted by Crippen LogP contribution is 2.54.